The molecular weight excluding hydrogens is 420 g/mol. The zero-order chi connectivity index (χ0) is 24.0. The number of hydrogen-bond donors (Lipinski definition) is 2. The Balaban J connectivity index is 1.53. The number of amides is 3. The van der Waals surface area contributed by atoms with Gasteiger partial charge in [0.15, 0.2) is 0 Å². The maximum absolute atomic E-state index is 12.5. The van der Waals surface area contributed by atoms with Crippen LogP contribution in [0, 0.1) is 5.41 Å². The average Bonchev–Trinajstić information content (AvgIpc) is 2.79. The van der Waals surface area contributed by atoms with E-state index < -0.39 is 0 Å². The van der Waals surface area contributed by atoms with Crippen molar-refractivity contribution in [3.8, 4) is 11.5 Å². The van der Waals surface area contributed by atoms with Crippen molar-refractivity contribution >= 4 is 29.0 Å². The number of methoxy groups -OCH3 is 2. The van der Waals surface area contributed by atoms with Gasteiger partial charge < -0.3 is 29.9 Å². The summed E-state index contributed by atoms with van der Waals surface area (Å²) in [5, 5.41) is 5.63. The molecule has 3 rings (SSSR count). The summed E-state index contributed by atoms with van der Waals surface area (Å²) in [4.78, 5) is 29.1. The maximum Gasteiger partial charge on any atom is 0.323 e. The number of benzene rings is 2. The number of nitrogens with one attached hydrogen (secondary N) is 2. The number of carbonyl (C=O) groups excluding carboxylic acids is 2. The van der Waals surface area contributed by atoms with Crippen LogP contribution in [0.1, 0.15) is 27.2 Å². The van der Waals surface area contributed by atoms with E-state index in [1.165, 1.54) is 7.11 Å². The second-order valence-electron chi connectivity index (χ2n) is 9.30. The number of carbonyl (C=O) groups is 2. The molecule has 1 heterocycles. The summed E-state index contributed by atoms with van der Waals surface area (Å²) in [5.74, 6) is 1.38. The molecule has 0 bridgehead atoms. The minimum Gasteiger partial charge on any atom is -0.497 e. The molecule has 0 unspecified atom stereocenters. The van der Waals surface area contributed by atoms with Crippen LogP contribution in [0.5, 0.6) is 11.5 Å². The van der Waals surface area contributed by atoms with Gasteiger partial charge in [-0.25, -0.2) is 4.79 Å². The summed E-state index contributed by atoms with van der Waals surface area (Å²) < 4.78 is 10.5. The summed E-state index contributed by atoms with van der Waals surface area (Å²) in [6, 6.07) is 12.5. The maximum atomic E-state index is 12.5. The average molecular weight is 455 g/mol. The van der Waals surface area contributed by atoms with E-state index in [2.05, 4.69) is 36.3 Å². The molecule has 1 saturated heterocycles. The lowest BCUT2D eigenvalue weighted by molar-refractivity contribution is -0.133. The molecular formula is C25H34N4O4. The van der Waals surface area contributed by atoms with Crippen molar-refractivity contribution in [2.24, 2.45) is 5.41 Å². The first-order valence-corrected chi connectivity index (χ1v) is 11.1. The van der Waals surface area contributed by atoms with Crippen molar-refractivity contribution in [1.29, 1.82) is 0 Å². The van der Waals surface area contributed by atoms with Gasteiger partial charge in [0.25, 0.3) is 0 Å². The topological polar surface area (TPSA) is 83.1 Å². The number of hydrogen-bond acceptors (Lipinski definition) is 5. The monoisotopic (exact) mass is 454 g/mol. The number of nitrogens with zero attached hydrogens (tertiary/aromatic N) is 2. The summed E-state index contributed by atoms with van der Waals surface area (Å²) in [6.45, 7) is 9.29. The van der Waals surface area contributed by atoms with Crippen LogP contribution in [0.3, 0.4) is 0 Å². The van der Waals surface area contributed by atoms with Gasteiger partial charge in [0.2, 0.25) is 5.91 Å². The third-order valence-corrected chi connectivity index (χ3v) is 5.46. The Hall–Kier alpha value is -3.42. The molecule has 0 radical (unpaired) electrons. The van der Waals surface area contributed by atoms with Crippen LogP contribution in [0.4, 0.5) is 21.9 Å². The normalized spacial score (nSPS) is 14.0. The quantitative estimate of drug-likeness (QED) is 0.675. The zero-order valence-corrected chi connectivity index (χ0v) is 20.1. The molecule has 0 aromatic heterocycles. The lowest BCUT2D eigenvalue weighted by Crippen LogP contribution is -2.49. The molecule has 8 heteroatoms. The summed E-state index contributed by atoms with van der Waals surface area (Å²) >= 11 is 0. The summed E-state index contributed by atoms with van der Waals surface area (Å²) in [7, 11) is 3.11. The van der Waals surface area contributed by atoms with Crippen LogP contribution in [0.15, 0.2) is 42.5 Å². The molecule has 2 N–H and O–H groups in total. The summed E-state index contributed by atoms with van der Waals surface area (Å²) in [5.41, 5.74) is 2.30. The highest BCUT2D eigenvalue weighted by Gasteiger charge is 2.25. The van der Waals surface area contributed by atoms with E-state index >= 15 is 0 Å². The van der Waals surface area contributed by atoms with E-state index in [1.54, 1.807) is 25.3 Å². The third kappa shape index (κ3) is 6.78. The van der Waals surface area contributed by atoms with Gasteiger partial charge in [-0.1, -0.05) is 20.8 Å². The minimum atomic E-state index is -0.364. The van der Waals surface area contributed by atoms with Crippen molar-refractivity contribution in [3.05, 3.63) is 42.5 Å². The van der Waals surface area contributed by atoms with Crippen LogP contribution < -0.4 is 25.0 Å². The third-order valence-electron chi connectivity index (χ3n) is 5.46. The highest BCUT2D eigenvalue weighted by Crippen LogP contribution is 2.29. The van der Waals surface area contributed by atoms with Gasteiger partial charge in [0.05, 0.1) is 19.9 Å². The molecule has 2 aromatic rings. The first kappa shape index (κ1) is 24.2. The molecule has 3 amide bonds. The fourth-order valence-corrected chi connectivity index (χ4v) is 3.72. The largest absolute Gasteiger partial charge is 0.497 e. The predicted octanol–water partition coefficient (Wildman–Crippen LogP) is 4.43. The number of anilines is 3. The molecule has 0 saturated carbocycles. The van der Waals surface area contributed by atoms with Crippen LogP contribution in [-0.4, -0.2) is 57.2 Å². The highest BCUT2D eigenvalue weighted by atomic mass is 16.5. The van der Waals surface area contributed by atoms with E-state index in [1.807, 2.05) is 29.2 Å². The van der Waals surface area contributed by atoms with E-state index in [4.69, 9.17) is 9.47 Å². The molecule has 0 aliphatic carbocycles. The van der Waals surface area contributed by atoms with Crippen LogP contribution in [0.25, 0.3) is 0 Å². The fraction of sp³-hybridized carbons (Fsp3) is 0.440. The minimum absolute atomic E-state index is 0.00183. The van der Waals surface area contributed by atoms with Crippen LogP contribution >= 0.6 is 0 Å². The molecule has 2 aromatic carbocycles. The van der Waals surface area contributed by atoms with Gasteiger partial charge in [-0.05, 0) is 41.8 Å². The van der Waals surface area contributed by atoms with Crippen LogP contribution in [-0.2, 0) is 4.79 Å². The zero-order valence-electron chi connectivity index (χ0n) is 20.1. The Bertz CT molecular complexity index is 961. The Morgan fingerprint density at radius 2 is 1.58 bits per heavy atom. The second-order valence-corrected chi connectivity index (χ2v) is 9.30. The van der Waals surface area contributed by atoms with E-state index in [0.717, 1.165) is 31.9 Å². The SMILES string of the molecule is COc1ccc(NC(=O)Nc2ccc(N3CCN(C(=O)CC(C)(C)C)CC3)cc2)c(OC)c1. The Kier molecular flexibility index (Phi) is 7.68. The van der Waals surface area contributed by atoms with Gasteiger partial charge in [-0.3, -0.25) is 4.79 Å². The van der Waals surface area contributed by atoms with E-state index in [-0.39, 0.29) is 17.4 Å². The Labute approximate surface area is 195 Å². The molecule has 1 aliphatic rings. The van der Waals surface area contributed by atoms with Crippen molar-refractivity contribution in [1.82, 2.24) is 4.90 Å². The fourth-order valence-electron chi connectivity index (χ4n) is 3.72. The number of ether oxygens (including phenoxy) is 2. The lowest BCUT2D eigenvalue weighted by atomic mass is 9.91. The van der Waals surface area contributed by atoms with Gasteiger partial charge in [-0.15, -0.1) is 0 Å². The number of piperazine rings is 1. The van der Waals surface area contributed by atoms with Crippen molar-refractivity contribution in [2.75, 3.05) is 55.9 Å². The first-order valence-electron chi connectivity index (χ1n) is 11.1. The van der Waals surface area contributed by atoms with Gasteiger partial charge >= 0.3 is 6.03 Å². The molecule has 178 valence electrons. The Morgan fingerprint density at radius 3 is 2.15 bits per heavy atom. The van der Waals surface area contributed by atoms with E-state index in [9.17, 15) is 9.59 Å². The van der Waals surface area contributed by atoms with Gasteiger partial charge in [0, 0.05) is 50.0 Å². The van der Waals surface area contributed by atoms with Crippen molar-refractivity contribution in [2.45, 2.75) is 27.2 Å². The molecule has 1 fully saturated rings. The number of rotatable bonds is 6. The van der Waals surface area contributed by atoms with Crippen molar-refractivity contribution in [3.63, 3.8) is 0 Å². The molecule has 0 atom stereocenters. The summed E-state index contributed by atoms with van der Waals surface area (Å²) in [6.07, 6.45) is 0.567. The molecule has 33 heavy (non-hydrogen) atoms. The molecule has 1 aliphatic heterocycles. The Morgan fingerprint density at radius 1 is 0.909 bits per heavy atom. The predicted molar refractivity (Wildman–Crippen MR) is 131 cm³/mol. The first-order chi connectivity index (χ1) is 15.7. The van der Waals surface area contributed by atoms with Crippen molar-refractivity contribution < 1.29 is 19.1 Å². The molecule has 8 nitrogen and oxygen atoms in total. The second kappa shape index (κ2) is 10.5. The molecule has 0 spiro atoms. The number of urea groups is 1. The highest BCUT2D eigenvalue weighted by molar-refractivity contribution is 6.00. The van der Waals surface area contributed by atoms with E-state index in [0.29, 0.717) is 29.3 Å². The van der Waals surface area contributed by atoms with Gasteiger partial charge in [0.1, 0.15) is 11.5 Å². The smallest absolute Gasteiger partial charge is 0.323 e. The lowest BCUT2D eigenvalue weighted by Gasteiger charge is -2.37. The standard InChI is InChI=1S/C25H34N4O4/c1-25(2,3)17-23(30)29-14-12-28(13-15-29)19-8-6-18(7-9-19)26-24(31)27-21-11-10-20(32-4)16-22(21)33-5/h6-11,16H,12-15,17H2,1-5H3,(H2,26,27,31). The van der Waals surface area contributed by atoms with Gasteiger partial charge in [-0.2, -0.15) is 0 Å². The van der Waals surface area contributed by atoms with Crippen LogP contribution in [0.2, 0.25) is 0 Å².